The van der Waals surface area contributed by atoms with Crippen LogP contribution in [-0.2, 0) is 4.79 Å². The Morgan fingerprint density at radius 2 is 1.66 bits per heavy atom. The second-order valence-electron chi connectivity index (χ2n) is 6.77. The van der Waals surface area contributed by atoms with Crippen molar-refractivity contribution in [2.45, 2.75) is 24.0 Å². The van der Waals surface area contributed by atoms with Crippen molar-refractivity contribution in [1.29, 1.82) is 0 Å². The van der Waals surface area contributed by atoms with Crippen molar-refractivity contribution in [2.24, 2.45) is 0 Å². The van der Waals surface area contributed by atoms with Crippen molar-refractivity contribution < 1.29 is 15.0 Å². The molecule has 32 heavy (non-hydrogen) atoms. The summed E-state index contributed by atoms with van der Waals surface area (Å²) in [6, 6.07) is 16.3. The number of hydrogen-bond donors (Lipinski definition) is 3. The number of carboxylic acids is 1. The molecule has 0 heterocycles. The van der Waals surface area contributed by atoms with Crippen molar-refractivity contribution in [3.63, 3.8) is 0 Å². The number of carbonyl (C=O) groups is 1. The van der Waals surface area contributed by atoms with Gasteiger partial charge >= 0.3 is 5.97 Å². The topological polar surface area (TPSA) is 69.6 Å². The Kier molecular flexibility index (Phi) is 11.8. The maximum Gasteiger partial charge on any atom is 0.316 e. The number of nitrogens with one attached hydrogen (secondary N) is 1. The minimum absolute atomic E-state index is 0.467. The summed E-state index contributed by atoms with van der Waals surface area (Å²) >= 11 is 1.36. The number of aliphatic hydroxyl groups is 1. The van der Waals surface area contributed by atoms with Gasteiger partial charge in [-0.15, -0.1) is 21.0 Å². The van der Waals surface area contributed by atoms with Crippen LogP contribution in [0, 0.1) is 6.92 Å². The van der Waals surface area contributed by atoms with E-state index < -0.39 is 11.2 Å². The summed E-state index contributed by atoms with van der Waals surface area (Å²) < 4.78 is 0. The number of thioether (sulfide) groups is 1. The summed E-state index contributed by atoms with van der Waals surface area (Å²) in [7, 11) is 5.60. The van der Waals surface area contributed by atoms with Gasteiger partial charge in [-0.3, -0.25) is 4.79 Å². The van der Waals surface area contributed by atoms with Crippen LogP contribution in [0.25, 0.3) is 22.9 Å². The molecule has 0 saturated heterocycles. The van der Waals surface area contributed by atoms with Crippen LogP contribution in [0.15, 0.2) is 66.6 Å². The number of fused-ring (bicyclic) bond motifs is 1. The molecule has 0 aliphatic carbocycles. The lowest BCUT2D eigenvalue weighted by molar-refractivity contribution is -0.136. The standard InChI is InChI=1S/C14H16NO2PS.C11H12.CH4O/c1-8(14(16)17)19-12-7-11(15-2)9-5-3-4-6-10(9)13(12)18;1-4-10-7-6-9(3)8-11(10)5-2;1-2/h3-8,15H,18H2,1-2H3,(H,16,17);4-8H,1-2H2,3H3;2H,1H3. The molecule has 3 aromatic carbocycles. The van der Waals surface area contributed by atoms with Crippen LogP contribution in [0.2, 0.25) is 0 Å². The first kappa shape index (κ1) is 27.4. The summed E-state index contributed by atoms with van der Waals surface area (Å²) in [6.07, 6.45) is 3.69. The molecule has 3 rings (SSSR count). The molecule has 0 fully saturated rings. The molecule has 170 valence electrons. The Hall–Kier alpha value is -2.59. The van der Waals surface area contributed by atoms with Gasteiger partial charge in [0.05, 0.1) is 0 Å². The first-order chi connectivity index (χ1) is 15.3. The van der Waals surface area contributed by atoms with E-state index in [1.807, 2.05) is 43.5 Å². The fourth-order valence-corrected chi connectivity index (χ4v) is 4.42. The maximum absolute atomic E-state index is 11.0. The van der Waals surface area contributed by atoms with Crippen LogP contribution in [0.3, 0.4) is 0 Å². The number of carboxylic acid groups (broad SMARTS) is 1. The highest BCUT2D eigenvalue weighted by Crippen LogP contribution is 2.32. The van der Waals surface area contributed by atoms with E-state index in [-0.39, 0.29) is 0 Å². The van der Waals surface area contributed by atoms with Gasteiger partial charge in [-0.2, -0.15) is 0 Å². The molecule has 3 aromatic rings. The highest BCUT2D eigenvalue weighted by molar-refractivity contribution is 8.01. The molecule has 0 bridgehead atoms. The van der Waals surface area contributed by atoms with Gasteiger partial charge in [-0.1, -0.05) is 73.3 Å². The first-order valence-corrected chi connectivity index (χ1v) is 11.5. The van der Waals surface area contributed by atoms with Crippen LogP contribution < -0.4 is 10.6 Å². The van der Waals surface area contributed by atoms with Crippen molar-refractivity contribution in [3.05, 3.63) is 78.4 Å². The van der Waals surface area contributed by atoms with Gasteiger partial charge in [0.1, 0.15) is 5.25 Å². The van der Waals surface area contributed by atoms with Gasteiger partial charge in [0, 0.05) is 30.1 Å². The Morgan fingerprint density at radius 1 is 1.06 bits per heavy atom. The Morgan fingerprint density at radius 3 is 2.19 bits per heavy atom. The smallest absolute Gasteiger partial charge is 0.316 e. The van der Waals surface area contributed by atoms with E-state index in [9.17, 15) is 4.79 Å². The van der Waals surface area contributed by atoms with Crippen molar-refractivity contribution in [3.8, 4) is 0 Å². The summed E-state index contributed by atoms with van der Waals surface area (Å²) in [6.45, 7) is 11.2. The monoisotopic (exact) mass is 469 g/mol. The molecule has 0 radical (unpaired) electrons. The van der Waals surface area contributed by atoms with Gasteiger partial charge in [-0.05, 0) is 41.7 Å². The zero-order valence-corrected chi connectivity index (χ0v) is 21.0. The molecule has 0 aliphatic heterocycles. The lowest BCUT2D eigenvalue weighted by Crippen LogP contribution is -2.13. The normalized spacial score (nSPS) is 10.7. The fourth-order valence-electron chi connectivity index (χ4n) is 2.97. The Labute approximate surface area is 197 Å². The molecule has 0 spiro atoms. The highest BCUT2D eigenvalue weighted by atomic mass is 32.2. The van der Waals surface area contributed by atoms with E-state index in [2.05, 4.69) is 58.9 Å². The molecule has 2 unspecified atom stereocenters. The third kappa shape index (κ3) is 7.23. The second-order valence-corrected chi connectivity index (χ2v) is 8.73. The maximum atomic E-state index is 11.0. The summed E-state index contributed by atoms with van der Waals surface area (Å²) in [5.74, 6) is -0.798. The number of benzene rings is 3. The van der Waals surface area contributed by atoms with Gasteiger partial charge < -0.3 is 15.5 Å². The Balaban J connectivity index is 0.000000335. The van der Waals surface area contributed by atoms with Crippen molar-refractivity contribution in [1.82, 2.24) is 0 Å². The van der Waals surface area contributed by atoms with Gasteiger partial charge in [-0.25, -0.2) is 0 Å². The molecule has 0 saturated carbocycles. The summed E-state index contributed by atoms with van der Waals surface area (Å²) in [5.41, 5.74) is 4.57. The Bertz CT molecular complexity index is 1080. The zero-order valence-electron chi connectivity index (χ0n) is 19.1. The van der Waals surface area contributed by atoms with E-state index >= 15 is 0 Å². The third-order valence-electron chi connectivity index (χ3n) is 4.65. The summed E-state index contributed by atoms with van der Waals surface area (Å²) in [5, 5.41) is 22.0. The SMILES string of the molecule is C=Cc1ccc(C)cc1C=C.CNc1cc(SC(C)C(=O)O)c(P)c2ccccc12.CO. The molecule has 3 N–H and O–H groups in total. The van der Waals surface area contributed by atoms with E-state index in [1.165, 1.54) is 17.3 Å². The molecule has 0 aliphatic rings. The molecule has 6 heteroatoms. The second kappa shape index (κ2) is 13.7. The quantitative estimate of drug-likeness (QED) is 0.313. The molecular weight excluding hydrogens is 437 g/mol. The van der Waals surface area contributed by atoms with E-state index in [4.69, 9.17) is 10.2 Å². The number of aryl methyl sites for hydroxylation is 1. The van der Waals surface area contributed by atoms with Crippen molar-refractivity contribution in [2.75, 3.05) is 19.5 Å². The zero-order chi connectivity index (χ0) is 24.3. The number of aliphatic hydroxyl groups excluding tert-OH is 1. The van der Waals surface area contributed by atoms with Crippen LogP contribution in [0.5, 0.6) is 0 Å². The van der Waals surface area contributed by atoms with Gasteiger partial charge in [0.25, 0.3) is 0 Å². The van der Waals surface area contributed by atoms with Crippen LogP contribution in [0.4, 0.5) is 5.69 Å². The average molecular weight is 470 g/mol. The number of anilines is 1. The van der Waals surface area contributed by atoms with E-state index in [1.54, 1.807) is 6.92 Å². The van der Waals surface area contributed by atoms with Crippen molar-refractivity contribution >= 4 is 60.9 Å². The molecule has 0 aromatic heterocycles. The van der Waals surface area contributed by atoms with E-state index in [0.29, 0.717) is 0 Å². The van der Waals surface area contributed by atoms with E-state index in [0.717, 1.165) is 44.9 Å². The number of hydrogen-bond acceptors (Lipinski definition) is 4. The number of aliphatic carboxylic acids is 1. The lowest BCUT2D eigenvalue weighted by Gasteiger charge is -2.15. The minimum atomic E-state index is -0.798. The molecule has 2 atom stereocenters. The highest BCUT2D eigenvalue weighted by Gasteiger charge is 2.16. The molecular formula is C26H32NO3PS. The minimum Gasteiger partial charge on any atom is -0.480 e. The fraction of sp³-hybridized carbons (Fsp3) is 0.192. The van der Waals surface area contributed by atoms with Crippen LogP contribution >= 0.6 is 21.0 Å². The first-order valence-electron chi connectivity index (χ1n) is 10.0. The summed E-state index contributed by atoms with van der Waals surface area (Å²) in [4.78, 5) is 12.0. The van der Waals surface area contributed by atoms with Gasteiger partial charge in [0.2, 0.25) is 0 Å². The largest absolute Gasteiger partial charge is 0.480 e. The van der Waals surface area contributed by atoms with Gasteiger partial charge in [0.15, 0.2) is 0 Å². The average Bonchev–Trinajstić information content (AvgIpc) is 2.82. The predicted octanol–water partition coefficient (Wildman–Crippen LogP) is 5.84. The van der Waals surface area contributed by atoms with Crippen LogP contribution in [-0.4, -0.2) is 35.6 Å². The lowest BCUT2D eigenvalue weighted by atomic mass is 10.0. The number of rotatable bonds is 6. The molecule has 4 nitrogen and oxygen atoms in total. The molecule has 0 amide bonds. The van der Waals surface area contributed by atoms with Crippen LogP contribution in [0.1, 0.15) is 23.6 Å². The predicted molar refractivity (Wildman–Crippen MR) is 145 cm³/mol. The third-order valence-corrected chi connectivity index (χ3v) is 6.63.